The number of hydrogen-bond acceptors (Lipinski definition) is 3. The zero-order valence-corrected chi connectivity index (χ0v) is 13.0. The van der Waals surface area contributed by atoms with Crippen molar-refractivity contribution in [2.75, 3.05) is 0 Å². The summed E-state index contributed by atoms with van der Waals surface area (Å²) in [6, 6.07) is 6.88. The highest BCUT2D eigenvalue weighted by molar-refractivity contribution is 9.10. The molecule has 1 heterocycles. The smallest absolute Gasteiger partial charge is 0.337 e. The summed E-state index contributed by atoms with van der Waals surface area (Å²) in [4.78, 5) is 16.1. The molecule has 0 aliphatic rings. The first-order valence-corrected chi connectivity index (χ1v) is 7.29. The van der Waals surface area contributed by atoms with E-state index in [1.807, 2.05) is 13.0 Å². The van der Waals surface area contributed by atoms with Gasteiger partial charge in [0, 0.05) is 15.6 Å². The quantitative estimate of drug-likeness (QED) is 0.867. The molecule has 0 aliphatic carbocycles. The van der Waals surface area contributed by atoms with E-state index in [-0.39, 0.29) is 10.6 Å². The van der Waals surface area contributed by atoms with Gasteiger partial charge < -0.3 is 5.11 Å². The highest BCUT2D eigenvalue weighted by Crippen LogP contribution is 2.31. The average molecular weight is 359 g/mol. The Bertz CT molecular complexity index is 649. The predicted octanol–water partition coefficient (Wildman–Crippen LogP) is 4.66. The first-order valence-electron chi connectivity index (χ1n) is 5.30. The van der Waals surface area contributed by atoms with Crippen molar-refractivity contribution in [3.63, 3.8) is 0 Å². The molecule has 0 saturated carbocycles. The van der Waals surface area contributed by atoms with Gasteiger partial charge in [0.05, 0.1) is 10.6 Å². The van der Waals surface area contributed by atoms with Crippen molar-refractivity contribution in [3.8, 4) is 0 Å². The Kier molecular flexibility index (Phi) is 4.50. The van der Waals surface area contributed by atoms with Gasteiger partial charge in [0.1, 0.15) is 5.03 Å². The van der Waals surface area contributed by atoms with E-state index in [0.717, 1.165) is 20.0 Å². The molecule has 0 atom stereocenters. The van der Waals surface area contributed by atoms with Crippen LogP contribution in [0.5, 0.6) is 0 Å². The van der Waals surface area contributed by atoms with Crippen LogP contribution in [0.3, 0.4) is 0 Å². The number of nitrogens with zero attached hydrogens (tertiary/aromatic N) is 1. The third-order valence-corrected chi connectivity index (χ3v) is 4.25. The number of rotatable bonds is 3. The third-order valence-electron chi connectivity index (χ3n) is 2.38. The number of carbonyl (C=O) groups is 1. The van der Waals surface area contributed by atoms with E-state index >= 15 is 0 Å². The van der Waals surface area contributed by atoms with Crippen molar-refractivity contribution in [3.05, 3.63) is 51.1 Å². The van der Waals surface area contributed by atoms with E-state index in [9.17, 15) is 4.79 Å². The van der Waals surface area contributed by atoms with Crippen molar-refractivity contribution < 1.29 is 9.90 Å². The standard InChI is InChI=1S/C13H9BrClNO2S/c1-7-4-8(14)6-16-12(7)19-9-2-3-11(15)10(5-9)13(17)18/h2-6H,1H3,(H,17,18). The Morgan fingerprint density at radius 3 is 2.79 bits per heavy atom. The van der Waals surface area contributed by atoms with Crippen molar-refractivity contribution in [2.24, 2.45) is 0 Å². The molecular weight excluding hydrogens is 350 g/mol. The molecular formula is C13H9BrClNO2S. The van der Waals surface area contributed by atoms with Crippen LogP contribution >= 0.6 is 39.3 Å². The van der Waals surface area contributed by atoms with E-state index in [1.165, 1.54) is 11.8 Å². The molecule has 0 radical (unpaired) electrons. The van der Waals surface area contributed by atoms with Gasteiger partial charge in [-0.3, -0.25) is 0 Å². The summed E-state index contributed by atoms with van der Waals surface area (Å²) < 4.78 is 0.914. The molecule has 19 heavy (non-hydrogen) atoms. The largest absolute Gasteiger partial charge is 0.478 e. The van der Waals surface area contributed by atoms with E-state index in [4.69, 9.17) is 16.7 Å². The summed E-state index contributed by atoms with van der Waals surface area (Å²) in [6.07, 6.45) is 1.71. The number of aromatic nitrogens is 1. The lowest BCUT2D eigenvalue weighted by Gasteiger charge is -2.06. The van der Waals surface area contributed by atoms with E-state index in [0.29, 0.717) is 0 Å². The number of aryl methyl sites for hydroxylation is 1. The summed E-state index contributed by atoms with van der Waals surface area (Å²) in [5.41, 5.74) is 1.12. The van der Waals surface area contributed by atoms with Gasteiger partial charge in [-0.25, -0.2) is 9.78 Å². The maximum absolute atomic E-state index is 11.0. The Balaban J connectivity index is 2.33. The lowest BCUT2D eigenvalue weighted by molar-refractivity contribution is 0.0697. The minimum Gasteiger partial charge on any atom is -0.478 e. The topological polar surface area (TPSA) is 50.2 Å². The first-order chi connectivity index (χ1) is 8.97. The van der Waals surface area contributed by atoms with E-state index < -0.39 is 5.97 Å². The fraction of sp³-hybridized carbons (Fsp3) is 0.0769. The van der Waals surface area contributed by atoms with Gasteiger partial charge in [-0.15, -0.1) is 0 Å². The van der Waals surface area contributed by atoms with Gasteiger partial charge in [-0.2, -0.15) is 0 Å². The molecule has 0 unspecified atom stereocenters. The highest BCUT2D eigenvalue weighted by Gasteiger charge is 2.11. The number of carboxylic acid groups (broad SMARTS) is 1. The minimum atomic E-state index is -1.03. The summed E-state index contributed by atoms with van der Waals surface area (Å²) in [5, 5.41) is 10.1. The zero-order valence-electron chi connectivity index (χ0n) is 9.85. The van der Waals surface area contributed by atoms with Crippen LogP contribution < -0.4 is 0 Å². The maximum atomic E-state index is 11.0. The third kappa shape index (κ3) is 3.49. The molecule has 0 amide bonds. The summed E-state index contributed by atoms with van der Waals surface area (Å²) in [5.74, 6) is -1.03. The van der Waals surface area contributed by atoms with Crippen LogP contribution in [0.2, 0.25) is 5.02 Å². The second-order valence-electron chi connectivity index (χ2n) is 3.82. The van der Waals surface area contributed by atoms with Gasteiger partial charge in [-0.05, 0) is 52.7 Å². The van der Waals surface area contributed by atoms with Crippen LogP contribution in [0.1, 0.15) is 15.9 Å². The minimum absolute atomic E-state index is 0.0985. The van der Waals surface area contributed by atoms with Crippen LogP contribution in [0.15, 0.2) is 44.9 Å². The SMILES string of the molecule is Cc1cc(Br)cnc1Sc1ccc(Cl)c(C(=O)O)c1. The number of hydrogen-bond donors (Lipinski definition) is 1. The monoisotopic (exact) mass is 357 g/mol. The first kappa shape index (κ1) is 14.4. The molecule has 6 heteroatoms. The van der Waals surface area contributed by atoms with Crippen molar-refractivity contribution >= 4 is 45.3 Å². The summed E-state index contributed by atoms with van der Waals surface area (Å²) in [6.45, 7) is 1.95. The Morgan fingerprint density at radius 1 is 1.42 bits per heavy atom. The molecule has 98 valence electrons. The number of carboxylic acids is 1. The van der Waals surface area contributed by atoms with Crippen LogP contribution in [-0.4, -0.2) is 16.1 Å². The maximum Gasteiger partial charge on any atom is 0.337 e. The zero-order chi connectivity index (χ0) is 14.0. The molecule has 0 fully saturated rings. The lowest BCUT2D eigenvalue weighted by atomic mass is 10.2. The lowest BCUT2D eigenvalue weighted by Crippen LogP contribution is -1.97. The number of aromatic carboxylic acids is 1. The van der Waals surface area contributed by atoms with Gasteiger partial charge in [-0.1, -0.05) is 23.4 Å². The van der Waals surface area contributed by atoms with Gasteiger partial charge in [0.15, 0.2) is 0 Å². The molecule has 0 bridgehead atoms. The van der Waals surface area contributed by atoms with E-state index in [1.54, 1.807) is 24.4 Å². The molecule has 1 aromatic carbocycles. The van der Waals surface area contributed by atoms with Crippen LogP contribution in [0.4, 0.5) is 0 Å². The Hall–Kier alpha value is -1.04. The number of pyridine rings is 1. The van der Waals surface area contributed by atoms with Crippen molar-refractivity contribution in [1.82, 2.24) is 4.98 Å². The number of halogens is 2. The number of benzene rings is 1. The van der Waals surface area contributed by atoms with Crippen LogP contribution in [0, 0.1) is 6.92 Å². The molecule has 3 nitrogen and oxygen atoms in total. The molecule has 2 rings (SSSR count). The molecule has 0 aliphatic heterocycles. The summed E-state index contributed by atoms with van der Waals surface area (Å²) >= 11 is 10.6. The van der Waals surface area contributed by atoms with Gasteiger partial charge in [0.25, 0.3) is 0 Å². The molecule has 0 saturated heterocycles. The van der Waals surface area contributed by atoms with Gasteiger partial charge in [0.2, 0.25) is 0 Å². The molecule has 1 aromatic heterocycles. The average Bonchev–Trinajstić information content (AvgIpc) is 2.34. The fourth-order valence-corrected chi connectivity index (χ4v) is 2.98. The Labute approximate surface area is 128 Å². The van der Waals surface area contributed by atoms with Gasteiger partial charge >= 0.3 is 5.97 Å². The molecule has 1 N–H and O–H groups in total. The van der Waals surface area contributed by atoms with E-state index in [2.05, 4.69) is 20.9 Å². The second kappa shape index (κ2) is 5.94. The highest BCUT2D eigenvalue weighted by atomic mass is 79.9. The predicted molar refractivity (Wildman–Crippen MR) is 79.2 cm³/mol. The fourth-order valence-electron chi connectivity index (χ4n) is 1.48. The van der Waals surface area contributed by atoms with Crippen molar-refractivity contribution in [2.45, 2.75) is 16.8 Å². The van der Waals surface area contributed by atoms with Crippen LogP contribution in [-0.2, 0) is 0 Å². The van der Waals surface area contributed by atoms with Crippen molar-refractivity contribution in [1.29, 1.82) is 0 Å². The Morgan fingerprint density at radius 2 is 2.16 bits per heavy atom. The molecule has 2 aromatic rings. The van der Waals surface area contributed by atoms with Crippen LogP contribution in [0.25, 0.3) is 0 Å². The molecule has 0 spiro atoms. The summed E-state index contributed by atoms with van der Waals surface area (Å²) in [7, 11) is 0. The second-order valence-corrected chi connectivity index (χ2v) is 6.21. The normalized spacial score (nSPS) is 10.5.